The first-order chi connectivity index (χ1) is 13.1. The van der Waals surface area contributed by atoms with Crippen molar-refractivity contribution in [2.75, 3.05) is 5.32 Å². The highest BCUT2D eigenvalue weighted by Crippen LogP contribution is 2.22. The molecule has 4 aromatic rings. The Hall–Kier alpha value is -2.96. The average Bonchev–Trinajstić information content (AvgIpc) is 3.09. The van der Waals surface area contributed by atoms with Crippen molar-refractivity contribution in [3.05, 3.63) is 92.2 Å². The molecule has 5 nitrogen and oxygen atoms in total. The van der Waals surface area contributed by atoms with Crippen LogP contribution < -0.4 is 10.9 Å². The van der Waals surface area contributed by atoms with E-state index < -0.39 is 11.5 Å². The van der Waals surface area contributed by atoms with E-state index in [0.717, 1.165) is 16.9 Å². The van der Waals surface area contributed by atoms with Crippen LogP contribution in [0.25, 0.3) is 11.0 Å². The van der Waals surface area contributed by atoms with Crippen LogP contribution in [0.5, 0.6) is 0 Å². The van der Waals surface area contributed by atoms with Gasteiger partial charge in [-0.05, 0) is 29.8 Å². The summed E-state index contributed by atoms with van der Waals surface area (Å²) < 4.78 is 5.20. The van der Waals surface area contributed by atoms with E-state index in [2.05, 4.69) is 10.3 Å². The number of nitrogens with one attached hydrogen (secondary N) is 1. The van der Waals surface area contributed by atoms with E-state index in [1.807, 2.05) is 30.3 Å². The Kier molecular flexibility index (Phi) is 4.75. The van der Waals surface area contributed by atoms with Gasteiger partial charge in [0.05, 0.1) is 0 Å². The monoisotopic (exact) mass is 396 g/mol. The second-order valence-corrected chi connectivity index (χ2v) is 7.43. The molecule has 0 aliphatic carbocycles. The molecule has 7 heteroatoms. The highest BCUT2D eigenvalue weighted by molar-refractivity contribution is 7.15. The highest BCUT2D eigenvalue weighted by atomic mass is 35.5. The number of hydrogen-bond donors (Lipinski definition) is 1. The number of hydrogen-bond acceptors (Lipinski definition) is 5. The minimum Gasteiger partial charge on any atom is -0.422 e. The van der Waals surface area contributed by atoms with Crippen LogP contribution in [-0.4, -0.2) is 10.9 Å². The molecule has 1 amide bonds. The summed E-state index contributed by atoms with van der Waals surface area (Å²) in [7, 11) is 0. The number of rotatable bonds is 4. The molecule has 0 spiro atoms. The van der Waals surface area contributed by atoms with Crippen LogP contribution in [0.4, 0.5) is 5.13 Å². The second-order valence-electron chi connectivity index (χ2n) is 5.88. The Labute approximate surface area is 163 Å². The number of carbonyl (C=O) groups is 1. The fourth-order valence-corrected chi connectivity index (χ4v) is 3.68. The minimum atomic E-state index is -0.705. The fourth-order valence-electron chi connectivity index (χ4n) is 2.66. The van der Waals surface area contributed by atoms with E-state index in [4.69, 9.17) is 16.0 Å². The summed E-state index contributed by atoms with van der Waals surface area (Å²) in [4.78, 5) is 29.8. The molecule has 1 N–H and O–H groups in total. The molecule has 0 atom stereocenters. The van der Waals surface area contributed by atoms with Gasteiger partial charge in [0.1, 0.15) is 11.1 Å². The zero-order valence-electron chi connectivity index (χ0n) is 13.9. The number of anilines is 1. The van der Waals surface area contributed by atoms with Gasteiger partial charge in [-0.25, -0.2) is 9.78 Å². The zero-order valence-corrected chi connectivity index (χ0v) is 15.5. The van der Waals surface area contributed by atoms with E-state index in [-0.39, 0.29) is 5.56 Å². The van der Waals surface area contributed by atoms with Crippen LogP contribution in [0.3, 0.4) is 0 Å². The number of aromatic nitrogens is 1. The third-order valence-electron chi connectivity index (χ3n) is 3.93. The van der Waals surface area contributed by atoms with Crippen molar-refractivity contribution in [3.8, 4) is 0 Å². The summed E-state index contributed by atoms with van der Waals surface area (Å²) in [6.45, 7) is 0. The number of thiazole rings is 1. The molecule has 0 saturated carbocycles. The second kappa shape index (κ2) is 7.34. The third-order valence-corrected chi connectivity index (χ3v) is 5.08. The Morgan fingerprint density at radius 2 is 1.96 bits per heavy atom. The van der Waals surface area contributed by atoms with Crippen molar-refractivity contribution in [3.63, 3.8) is 0 Å². The van der Waals surface area contributed by atoms with Crippen LogP contribution in [0.15, 0.2) is 70.0 Å². The molecule has 0 saturated heterocycles. The lowest BCUT2D eigenvalue weighted by Gasteiger charge is -2.03. The normalized spacial score (nSPS) is 10.9. The maximum Gasteiger partial charge on any atom is 0.349 e. The van der Waals surface area contributed by atoms with Crippen LogP contribution in [0, 0.1) is 0 Å². The van der Waals surface area contributed by atoms with E-state index >= 15 is 0 Å². The molecule has 0 radical (unpaired) electrons. The predicted molar refractivity (Wildman–Crippen MR) is 107 cm³/mol. The zero-order chi connectivity index (χ0) is 18.8. The topological polar surface area (TPSA) is 72.2 Å². The van der Waals surface area contributed by atoms with Crippen LogP contribution in [-0.2, 0) is 6.42 Å². The molecule has 0 aliphatic heterocycles. The summed E-state index contributed by atoms with van der Waals surface area (Å²) in [5.74, 6) is -0.564. The van der Waals surface area contributed by atoms with Gasteiger partial charge in [0, 0.05) is 27.9 Å². The summed E-state index contributed by atoms with van der Waals surface area (Å²) in [6.07, 6.45) is 2.45. The standard InChI is InChI=1S/C20H13ClN2O3S/c21-14-6-7-17-13(9-14)10-16(19(25)26-17)18(24)23-20-22-11-15(27-20)8-12-4-2-1-3-5-12/h1-7,9-11H,8H2,(H,22,23,24). The van der Waals surface area contributed by atoms with Crippen molar-refractivity contribution in [2.45, 2.75) is 6.42 Å². The quantitative estimate of drug-likeness (QED) is 0.505. The molecule has 4 rings (SSSR count). The lowest BCUT2D eigenvalue weighted by Crippen LogP contribution is -2.20. The molecular weight excluding hydrogens is 384 g/mol. The van der Waals surface area contributed by atoms with Gasteiger partial charge in [-0.1, -0.05) is 41.9 Å². The third kappa shape index (κ3) is 3.92. The molecule has 0 bridgehead atoms. The maximum atomic E-state index is 12.5. The summed E-state index contributed by atoms with van der Waals surface area (Å²) >= 11 is 7.33. The van der Waals surface area contributed by atoms with Gasteiger partial charge in [0.2, 0.25) is 0 Å². The van der Waals surface area contributed by atoms with Crippen LogP contribution in [0.2, 0.25) is 5.02 Å². The summed E-state index contributed by atoms with van der Waals surface area (Å²) in [6, 6.07) is 16.3. The van der Waals surface area contributed by atoms with Gasteiger partial charge in [-0.15, -0.1) is 11.3 Å². The number of halogens is 1. The summed E-state index contributed by atoms with van der Waals surface area (Å²) in [5, 5.41) is 4.16. The number of benzene rings is 2. The van der Waals surface area contributed by atoms with Crippen molar-refractivity contribution in [1.29, 1.82) is 0 Å². The van der Waals surface area contributed by atoms with Gasteiger partial charge in [-0.2, -0.15) is 0 Å². The van der Waals surface area contributed by atoms with Crippen LogP contribution in [0.1, 0.15) is 20.8 Å². The first kappa shape index (κ1) is 17.5. The number of carbonyl (C=O) groups excluding carboxylic acids is 1. The molecule has 2 aromatic carbocycles. The Morgan fingerprint density at radius 3 is 2.78 bits per heavy atom. The van der Waals surface area contributed by atoms with Crippen molar-refractivity contribution in [2.24, 2.45) is 0 Å². The Bertz CT molecular complexity index is 1180. The molecule has 0 aliphatic rings. The predicted octanol–water partition coefficient (Wildman–Crippen LogP) is 4.75. The van der Waals surface area contributed by atoms with E-state index in [0.29, 0.717) is 21.1 Å². The number of fused-ring (bicyclic) bond motifs is 1. The molecule has 27 heavy (non-hydrogen) atoms. The first-order valence-electron chi connectivity index (χ1n) is 8.12. The lowest BCUT2D eigenvalue weighted by molar-refractivity contribution is 0.102. The smallest absolute Gasteiger partial charge is 0.349 e. The van der Waals surface area contributed by atoms with E-state index in [9.17, 15) is 9.59 Å². The first-order valence-corrected chi connectivity index (χ1v) is 9.31. The SMILES string of the molecule is O=C(Nc1ncc(Cc2ccccc2)s1)c1cc2cc(Cl)ccc2oc1=O. The largest absolute Gasteiger partial charge is 0.422 e. The molecule has 2 heterocycles. The molecule has 134 valence electrons. The van der Waals surface area contributed by atoms with Gasteiger partial charge in [0.15, 0.2) is 5.13 Å². The molecular formula is C20H13ClN2O3S. The molecule has 2 aromatic heterocycles. The molecule has 0 fully saturated rings. The Balaban J connectivity index is 1.55. The molecule has 0 unspecified atom stereocenters. The fraction of sp³-hybridized carbons (Fsp3) is 0.0500. The Morgan fingerprint density at radius 1 is 1.15 bits per heavy atom. The van der Waals surface area contributed by atoms with Crippen molar-refractivity contribution in [1.82, 2.24) is 4.98 Å². The average molecular weight is 397 g/mol. The van der Waals surface area contributed by atoms with Gasteiger partial charge in [-0.3, -0.25) is 10.1 Å². The number of nitrogens with zero attached hydrogens (tertiary/aromatic N) is 1. The lowest BCUT2D eigenvalue weighted by atomic mass is 10.1. The van der Waals surface area contributed by atoms with Gasteiger partial charge in [0.25, 0.3) is 5.91 Å². The van der Waals surface area contributed by atoms with Crippen molar-refractivity contribution < 1.29 is 9.21 Å². The summed E-state index contributed by atoms with van der Waals surface area (Å²) in [5.41, 5.74) is 0.736. The van der Waals surface area contributed by atoms with Crippen molar-refractivity contribution >= 4 is 44.9 Å². The van der Waals surface area contributed by atoms with E-state index in [1.165, 1.54) is 17.4 Å². The maximum absolute atomic E-state index is 12.5. The number of amides is 1. The minimum absolute atomic E-state index is 0.0930. The van der Waals surface area contributed by atoms with E-state index in [1.54, 1.807) is 24.4 Å². The van der Waals surface area contributed by atoms with Gasteiger partial charge < -0.3 is 4.42 Å². The van der Waals surface area contributed by atoms with Gasteiger partial charge >= 0.3 is 5.63 Å². The highest BCUT2D eigenvalue weighted by Gasteiger charge is 2.16. The van der Waals surface area contributed by atoms with Crippen LogP contribution >= 0.6 is 22.9 Å².